The number of pyridine rings is 1. The molecule has 0 saturated heterocycles. The first-order chi connectivity index (χ1) is 12.8. The van der Waals surface area contributed by atoms with Crippen LogP contribution in [0.2, 0.25) is 0 Å². The Balaban J connectivity index is 1.40. The molecule has 0 radical (unpaired) electrons. The fourth-order valence-electron chi connectivity index (χ4n) is 4.29. The number of aryl methyl sites for hydroxylation is 2. The van der Waals surface area contributed by atoms with E-state index in [1.165, 1.54) is 28.8 Å². The maximum atomic E-state index is 12.9. The number of hydrogen-bond acceptors (Lipinski definition) is 3. The molecule has 2 heterocycles. The zero-order chi connectivity index (χ0) is 17.5. The highest BCUT2D eigenvalue weighted by Gasteiger charge is 2.34. The van der Waals surface area contributed by atoms with Gasteiger partial charge in [-0.05, 0) is 61.3 Å². The second-order valence-electron chi connectivity index (χ2n) is 7.94. The van der Waals surface area contributed by atoms with Crippen molar-refractivity contribution in [2.24, 2.45) is 0 Å². The van der Waals surface area contributed by atoms with Gasteiger partial charge in [-0.3, -0.25) is 14.7 Å². The van der Waals surface area contributed by atoms with Crippen LogP contribution in [-0.4, -0.2) is 27.9 Å². The van der Waals surface area contributed by atoms with E-state index in [0.29, 0.717) is 6.04 Å². The highest BCUT2D eigenvalue weighted by molar-refractivity contribution is 5.83. The van der Waals surface area contributed by atoms with E-state index < -0.39 is 0 Å². The number of rotatable bonds is 4. The van der Waals surface area contributed by atoms with Crippen molar-refractivity contribution < 1.29 is 4.79 Å². The number of hydrogen-bond donors (Lipinski definition) is 1. The van der Waals surface area contributed by atoms with E-state index in [4.69, 9.17) is 4.98 Å². The lowest BCUT2D eigenvalue weighted by atomic mass is 9.93. The summed E-state index contributed by atoms with van der Waals surface area (Å²) in [7, 11) is 0. The Morgan fingerprint density at radius 2 is 1.92 bits per heavy atom. The average molecular weight is 347 g/mol. The van der Waals surface area contributed by atoms with Crippen LogP contribution in [0.15, 0.2) is 36.4 Å². The van der Waals surface area contributed by atoms with E-state index in [9.17, 15) is 4.79 Å². The second-order valence-corrected chi connectivity index (χ2v) is 7.94. The summed E-state index contributed by atoms with van der Waals surface area (Å²) in [5.74, 6) is 0.183. The number of benzene rings is 1. The molecule has 0 unspecified atom stereocenters. The van der Waals surface area contributed by atoms with Gasteiger partial charge >= 0.3 is 0 Å². The van der Waals surface area contributed by atoms with Crippen molar-refractivity contribution in [1.82, 2.24) is 15.2 Å². The summed E-state index contributed by atoms with van der Waals surface area (Å²) in [5, 5.41) is 3.21. The number of carbonyl (C=O) groups excluding carboxylic acids is 1. The van der Waals surface area contributed by atoms with Crippen LogP contribution in [0.25, 0.3) is 0 Å². The summed E-state index contributed by atoms with van der Waals surface area (Å²) < 4.78 is 0. The molecular weight excluding hydrogens is 322 g/mol. The molecule has 1 N–H and O–H groups in total. The molecule has 3 aliphatic rings. The van der Waals surface area contributed by atoms with Crippen molar-refractivity contribution in [1.29, 1.82) is 0 Å². The van der Waals surface area contributed by atoms with Crippen molar-refractivity contribution in [3.05, 3.63) is 64.5 Å². The van der Waals surface area contributed by atoms with Gasteiger partial charge in [0.15, 0.2) is 0 Å². The van der Waals surface area contributed by atoms with Crippen molar-refractivity contribution in [3.63, 3.8) is 0 Å². The molecule has 1 aliphatic heterocycles. The van der Waals surface area contributed by atoms with Gasteiger partial charge in [0.25, 0.3) is 0 Å². The topological polar surface area (TPSA) is 45.2 Å². The van der Waals surface area contributed by atoms with Gasteiger partial charge in [-0.2, -0.15) is 0 Å². The molecule has 1 amide bonds. The second kappa shape index (κ2) is 6.51. The predicted molar refractivity (Wildman–Crippen MR) is 101 cm³/mol. The first-order valence-electron chi connectivity index (χ1n) is 9.85. The molecule has 0 bridgehead atoms. The summed E-state index contributed by atoms with van der Waals surface area (Å²) >= 11 is 0. The van der Waals surface area contributed by atoms with Crippen molar-refractivity contribution in [2.75, 3.05) is 0 Å². The van der Waals surface area contributed by atoms with Crippen molar-refractivity contribution in [3.8, 4) is 0 Å². The first kappa shape index (κ1) is 16.0. The molecule has 2 aromatic rings. The van der Waals surface area contributed by atoms with E-state index in [1.54, 1.807) is 0 Å². The molecule has 4 nitrogen and oxygen atoms in total. The third kappa shape index (κ3) is 3.14. The molecule has 134 valence electrons. The largest absolute Gasteiger partial charge is 0.352 e. The summed E-state index contributed by atoms with van der Waals surface area (Å²) in [6, 6.07) is 13.2. The van der Waals surface area contributed by atoms with Gasteiger partial charge in [-0.25, -0.2) is 0 Å². The molecule has 1 fully saturated rings. The standard InChI is InChI=1S/C22H25N3O/c26-22(24-18-10-11-18)21-12-16-4-1-2-5-17(16)13-25(21)14-19-9-8-15-6-3-7-20(15)23-19/h1-2,4-5,8-9,18,21H,3,6-7,10-14H2,(H,24,26)/t21-/m1/s1. The highest BCUT2D eigenvalue weighted by atomic mass is 16.2. The average Bonchev–Trinajstić information content (AvgIpc) is 3.34. The van der Waals surface area contributed by atoms with Crippen LogP contribution in [0.4, 0.5) is 0 Å². The summed E-state index contributed by atoms with van der Waals surface area (Å²) in [5.41, 5.74) is 6.40. The van der Waals surface area contributed by atoms with Gasteiger partial charge in [0.2, 0.25) is 5.91 Å². The van der Waals surface area contributed by atoms with E-state index in [0.717, 1.165) is 50.9 Å². The highest BCUT2D eigenvalue weighted by Crippen LogP contribution is 2.27. The number of fused-ring (bicyclic) bond motifs is 2. The van der Waals surface area contributed by atoms with Crippen LogP contribution in [0.1, 0.15) is 47.3 Å². The number of nitrogens with zero attached hydrogens (tertiary/aromatic N) is 2. The monoisotopic (exact) mass is 347 g/mol. The summed E-state index contributed by atoms with van der Waals surface area (Å²) in [6.07, 6.45) is 6.52. The van der Waals surface area contributed by atoms with E-state index in [2.05, 4.69) is 46.6 Å². The van der Waals surface area contributed by atoms with Crippen molar-refractivity contribution in [2.45, 2.75) is 63.7 Å². The van der Waals surface area contributed by atoms with Crippen LogP contribution in [-0.2, 0) is 37.1 Å². The number of aromatic nitrogens is 1. The minimum atomic E-state index is -0.0967. The van der Waals surface area contributed by atoms with Gasteiger partial charge in [-0.15, -0.1) is 0 Å². The lowest BCUT2D eigenvalue weighted by Crippen LogP contribution is -2.50. The molecule has 1 aromatic heterocycles. The van der Waals surface area contributed by atoms with Gasteiger partial charge in [0.05, 0.1) is 11.7 Å². The molecule has 4 heteroatoms. The van der Waals surface area contributed by atoms with E-state index >= 15 is 0 Å². The Hall–Kier alpha value is -2.20. The Labute approximate surface area is 154 Å². The molecule has 1 aromatic carbocycles. The third-order valence-corrected chi connectivity index (χ3v) is 5.92. The molecule has 2 aliphatic carbocycles. The summed E-state index contributed by atoms with van der Waals surface area (Å²) in [6.45, 7) is 1.56. The molecule has 1 atom stereocenters. The Morgan fingerprint density at radius 1 is 1.08 bits per heavy atom. The Kier molecular flexibility index (Phi) is 4.01. The van der Waals surface area contributed by atoms with Gasteiger partial charge in [0, 0.05) is 24.8 Å². The quantitative estimate of drug-likeness (QED) is 0.925. The van der Waals surface area contributed by atoms with Gasteiger partial charge in [0.1, 0.15) is 0 Å². The lowest BCUT2D eigenvalue weighted by Gasteiger charge is -2.35. The lowest BCUT2D eigenvalue weighted by molar-refractivity contribution is -0.127. The maximum absolute atomic E-state index is 12.9. The minimum Gasteiger partial charge on any atom is -0.352 e. The van der Waals surface area contributed by atoms with Crippen LogP contribution in [0, 0.1) is 0 Å². The SMILES string of the molecule is O=C(NC1CC1)[C@H]1Cc2ccccc2CN1Cc1ccc2c(n1)CCC2. The molecule has 0 spiro atoms. The number of nitrogens with one attached hydrogen (secondary N) is 1. The maximum Gasteiger partial charge on any atom is 0.237 e. The molecule has 5 rings (SSSR count). The smallest absolute Gasteiger partial charge is 0.237 e. The van der Waals surface area contributed by atoms with E-state index in [-0.39, 0.29) is 11.9 Å². The fourth-order valence-corrected chi connectivity index (χ4v) is 4.29. The zero-order valence-corrected chi connectivity index (χ0v) is 15.1. The normalized spacial score (nSPS) is 21.9. The van der Waals surface area contributed by atoms with Crippen molar-refractivity contribution >= 4 is 5.91 Å². The van der Waals surface area contributed by atoms with Crippen LogP contribution >= 0.6 is 0 Å². The molecular formula is C22H25N3O. The molecule has 26 heavy (non-hydrogen) atoms. The first-order valence-corrected chi connectivity index (χ1v) is 9.85. The predicted octanol–water partition coefficient (Wildman–Crippen LogP) is 2.78. The van der Waals surface area contributed by atoms with Gasteiger partial charge in [-0.1, -0.05) is 30.3 Å². The summed E-state index contributed by atoms with van der Waals surface area (Å²) in [4.78, 5) is 20.1. The number of carbonyl (C=O) groups is 1. The van der Waals surface area contributed by atoms with Gasteiger partial charge < -0.3 is 5.32 Å². The Bertz CT molecular complexity index is 843. The molecule has 1 saturated carbocycles. The fraction of sp³-hybridized carbons (Fsp3) is 0.455. The van der Waals surface area contributed by atoms with Crippen LogP contribution < -0.4 is 5.32 Å². The minimum absolute atomic E-state index is 0.0967. The van der Waals surface area contributed by atoms with Crippen LogP contribution in [0.5, 0.6) is 0 Å². The van der Waals surface area contributed by atoms with E-state index in [1.807, 2.05) is 0 Å². The number of amides is 1. The van der Waals surface area contributed by atoms with Crippen LogP contribution in [0.3, 0.4) is 0 Å². The third-order valence-electron chi connectivity index (χ3n) is 5.92. The zero-order valence-electron chi connectivity index (χ0n) is 15.1. The Morgan fingerprint density at radius 3 is 2.77 bits per heavy atom.